The summed E-state index contributed by atoms with van der Waals surface area (Å²) in [5.41, 5.74) is 8.35. The second kappa shape index (κ2) is 8.04. The second-order valence-corrected chi connectivity index (χ2v) is 6.49. The van der Waals surface area contributed by atoms with Gasteiger partial charge in [-0.05, 0) is 61.4 Å². The van der Waals surface area contributed by atoms with Gasteiger partial charge < -0.3 is 20.5 Å². The Balaban J connectivity index is 1.78. The lowest BCUT2D eigenvalue weighted by Gasteiger charge is -2.13. The van der Waals surface area contributed by atoms with E-state index in [1.54, 1.807) is 12.1 Å². The van der Waals surface area contributed by atoms with Gasteiger partial charge in [0.05, 0.1) is 0 Å². The van der Waals surface area contributed by atoms with Gasteiger partial charge in [-0.2, -0.15) is 4.98 Å². The van der Waals surface area contributed by atoms with Gasteiger partial charge in [0.25, 0.3) is 0 Å². The zero-order valence-electron chi connectivity index (χ0n) is 15.3. The Morgan fingerprint density at radius 2 is 1.62 bits per heavy atom. The fourth-order valence-corrected chi connectivity index (χ4v) is 2.62. The van der Waals surface area contributed by atoms with E-state index in [4.69, 9.17) is 22.1 Å². The third-order valence-corrected chi connectivity index (χ3v) is 4.42. The lowest BCUT2D eigenvalue weighted by atomic mass is 10.1. The topological polar surface area (TPSA) is 82.3 Å². The molecule has 0 saturated heterocycles. The maximum atomic E-state index is 12.2. The monoisotopic (exact) mass is 424 g/mol. The van der Waals surface area contributed by atoms with Crippen LogP contribution in [0.3, 0.4) is 0 Å². The van der Waals surface area contributed by atoms with Crippen LogP contribution in [-0.2, 0) is 0 Å². The predicted molar refractivity (Wildman–Crippen MR) is 104 cm³/mol. The molecule has 0 amide bonds. The second-order valence-electron chi connectivity index (χ2n) is 6.11. The third kappa shape index (κ3) is 5.20. The molecule has 2 aromatic carbocycles. The van der Waals surface area contributed by atoms with E-state index in [1.165, 1.54) is 30.6 Å². The molecule has 0 saturated carbocycles. The number of benzene rings is 2. The molecule has 10 heteroatoms. The molecular weight excluding hydrogens is 409 g/mol. The van der Waals surface area contributed by atoms with Crippen molar-refractivity contribution < 1.29 is 22.6 Å². The van der Waals surface area contributed by atoms with Crippen molar-refractivity contribution in [3.05, 3.63) is 58.9 Å². The summed E-state index contributed by atoms with van der Waals surface area (Å²) in [6.07, 6.45) is -3.50. The van der Waals surface area contributed by atoms with Gasteiger partial charge in [-0.1, -0.05) is 11.6 Å². The van der Waals surface area contributed by atoms with E-state index in [-0.39, 0.29) is 23.1 Å². The molecule has 0 radical (unpaired) electrons. The van der Waals surface area contributed by atoms with Crippen LogP contribution in [0.1, 0.15) is 11.1 Å². The van der Waals surface area contributed by atoms with Gasteiger partial charge in [-0.15, -0.1) is 13.2 Å². The van der Waals surface area contributed by atoms with Gasteiger partial charge in [0.15, 0.2) is 5.82 Å². The Morgan fingerprint density at radius 1 is 1.00 bits per heavy atom. The first-order valence-electron chi connectivity index (χ1n) is 8.30. The number of hydrogen-bond acceptors (Lipinski definition) is 6. The molecular formula is C19H16ClF3N4O2. The fourth-order valence-electron chi connectivity index (χ4n) is 2.51. The van der Waals surface area contributed by atoms with Crippen molar-refractivity contribution in [3.63, 3.8) is 0 Å². The average molecular weight is 425 g/mol. The molecule has 1 aromatic heterocycles. The summed E-state index contributed by atoms with van der Waals surface area (Å²) in [6, 6.07) is 8.64. The van der Waals surface area contributed by atoms with E-state index in [0.717, 1.165) is 11.1 Å². The molecule has 6 nitrogen and oxygen atoms in total. The maximum Gasteiger partial charge on any atom is 0.573 e. The highest BCUT2D eigenvalue weighted by Gasteiger charge is 2.30. The van der Waals surface area contributed by atoms with Crippen LogP contribution < -0.4 is 20.5 Å². The largest absolute Gasteiger partial charge is 0.573 e. The molecule has 1 heterocycles. The molecule has 0 unspecified atom stereocenters. The third-order valence-electron chi connectivity index (χ3n) is 3.82. The number of nitrogens with zero attached hydrogens (tertiary/aromatic N) is 2. The summed E-state index contributed by atoms with van der Waals surface area (Å²) in [7, 11) is 0. The lowest BCUT2D eigenvalue weighted by Crippen LogP contribution is -2.17. The molecule has 0 bridgehead atoms. The molecule has 3 aromatic rings. The molecule has 0 aliphatic heterocycles. The van der Waals surface area contributed by atoms with Crippen LogP contribution in [0.2, 0.25) is 5.02 Å². The zero-order valence-corrected chi connectivity index (χ0v) is 16.1. The Morgan fingerprint density at radius 3 is 2.21 bits per heavy atom. The van der Waals surface area contributed by atoms with Gasteiger partial charge in [-0.3, -0.25) is 0 Å². The van der Waals surface area contributed by atoms with E-state index in [0.29, 0.717) is 16.5 Å². The number of ether oxygens (including phenoxy) is 2. The highest BCUT2D eigenvalue weighted by Crippen LogP contribution is 2.34. The van der Waals surface area contributed by atoms with Crippen molar-refractivity contribution in [2.45, 2.75) is 20.2 Å². The lowest BCUT2D eigenvalue weighted by molar-refractivity contribution is -0.274. The molecule has 0 aliphatic rings. The number of nitrogens with two attached hydrogens (primary N) is 1. The average Bonchev–Trinajstić information content (AvgIpc) is 2.63. The van der Waals surface area contributed by atoms with Crippen LogP contribution >= 0.6 is 11.6 Å². The van der Waals surface area contributed by atoms with Crippen molar-refractivity contribution >= 4 is 28.8 Å². The summed E-state index contributed by atoms with van der Waals surface area (Å²) >= 11 is 6.16. The zero-order chi connectivity index (χ0) is 21.2. The first-order chi connectivity index (χ1) is 13.6. The first kappa shape index (κ1) is 20.5. The minimum absolute atomic E-state index is 0.126. The highest BCUT2D eigenvalue weighted by molar-refractivity contribution is 6.32. The smallest absolute Gasteiger partial charge is 0.437 e. The van der Waals surface area contributed by atoms with Crippen molar-refractivity contribution in [1.82, 2.24) is 9.97 Å². The standard InChI is InChI=1S/C19H16ClF3N4O2/c1-10-7-14(8-11(2)15(10)20)28-18-16(24)17(25-9-26-18)27-12-3-5-13(6-4-12)29-19(21,22)23/h3-9H,24H2,1-2H3,(H,25,26,27). The normalized spacial score (nSPS) is 11.2. The molecule has 3 N–H and O–H groups in total. The molecule has 29 heavy (non-hydrogen) atoms. The van der Waals surface area contributed by atoms with Crippen LogP contribution in [0.15, 0.2) is 42.7 Å². The van der Waals surface area contributed by atoms with Crippen LogP contribution in [-0.4, -0.2) is 16.3 Å². The predicted octanol–water partition coefficient (Wildman–Crippen LogP) is 5.76. The SMILES string of the molecule is Cc1cc(Oc2ncnc(Nc3ccc(OC(F)(F)F)cc3)c2N)cc(C)c1Cl. The van der Waals surface area contributed by atoms with Crippen LogP contribution in [0, 0.1) is 13.8 Å². The van der Waals surface area contributed by atoms with E-state index < -0.39 is 6.36 Å². The summed E-state index contributed by atoms with van der Waals surface area (Å²) in [5, 5.41) is 3.55. The Labute approximate surface area is 169 Å². The minimum atomic E-state index is -4.75. The summed E-state index contributed by atoms with van der Waals surface area (Å²) < 4.78 is 46.3. The number of rotatable bonds is 5. The Kier molecular flexibility index (Phi) is 5.69. The summed E-state index contributed by atoms with van der Waals surface area (Å²) in [5.74, 6) is 0.535. The van der Waals surface area contributed by atoms with Crippen molar-refractivity contribution in [2.75, 3.05) is 11.1 Å². The quantitative estimate of drug-likeness (QED) is 0.541. The van der Waals surface area contributed by atoms with Gasteiger partial charge >= 0.3 is 6.36 Å². The number of hydrogen-bond donors (Lipinski definition) is 2. The van der Waals surface area contributed by atoms with Crippen molar-refractivity contribution in [1.29, 1.82) is 0 Å². The Bertz CT molecular complexity index is 1000. The maximum absolute atomic E-state index is 12.2. The number of anilines is 3. The molecule has 3 rings (SSSR count). The summed E-state index contributed by atoms with van der Waals surface area (Å²) in [6.45, 7) is 3.70. The van der Waals surface area contributed by atoms with Crippen molar-refractivity contribution in [3.8, 4) is 17.4 Å². The van der Waals surface area contributed by atoms with Crippen LogP contribution in [0.25, 0.3) is 0 Å². The molecule has 0 aliphatic carbocycles. The van der Waals surface area contributed by atoms with E-state index >= 15 is 0 Å². The van der Waals surface area contributed by atoms with Gasteiger partial charge in [-0.25, -0.2) is 4.98 Å². The molecule has 0 atom stereocenters. The first-order valence-corrected chi connectivity index (χ1v) is 8.68. The van der Waals surface area contributed by atoms with Gasteiger partial charge in [0, 0.05) is 10.7 Å². The molecule has 0 spiro atoms. The number of alkyl halides is 3. The Hall–Kier alpha value is -3.20. The molecule has 0 fully saturated rings. The number of nitrogen functional groups attached to an aromatic ring is 1. The minimum Gasteiger partial charge on any atom is -0.437 e. The van der Waals surface area contributed by atoms with Gasteiger partial charge in [0.1, 0.15) is 23.5 Å². The number of aryl methyl sites for hydroxylation is 2. The molecule has 152 valence electrons. The highest BCUT2D eigenvalue weighted by atomic mass is 35.5. The van der Waals surface area contributed by atoms with Gasteiger partial charge in [0.2, 0.25) is 5.88 Å². The number of aromatic nitrogens is 2. The van der Waals surface area contributed by atoms with E-state index in [2.05, 4.69) is 20.0 Å². The van der Waals surface area contributed by atoms with Crippen molar-refractivity contribution in [2.24, 2.45) is 0 Å². The van der Waals surface area contributed by atoms with Crippen LogP contribution in [0.4, 0.5) is 30.4 Å². The van der Waals surface area contributed by atoms with E-state index in [1.807, 2.05) is 13.8 Å². The fraction of sp³-hybridized carbons (Fsp3) is 0.158. The van der Waals surface area contributed by atoms with E-state index in [9.17, 15) is 13.2 Å². The summed E-state index contributed by atoms with van der Waals surface area (Å²) in [4.78, 5) is 8.08. The number of halogens is 4. The van der Waals surface area contributed by atoms with Crippen LogP contribution in [0.5, 0.6) is 17.4 Å². The number of nitrogens with one attached hydrogen (secondary N) is 1.